The molecule has 2 aromatic rings. The lowest BCUT2D eigenvalue weighted by atomic mass is 9.90. The lowest BCUT2D eigenvalue weighted by molar-refractivity contribution is -0.141. The predicted molar refractivity (Wildman–Crippen MR) is 110 cm³/mol. The van der Waals surface area contributed by atoms with Crippen molar-refractivity contribution in [3.63, 3.8) is 0 Å². The smallest absolute Gasteiger partial charge is 0.341 e. The number of piperidine rings is 1. The van der Waals surface area contributed by atoms with Gasteiger partial charge in [-0.2, -0.15) is 0 Å². The monoisotopic (exact) mass is 380 g/mol. The molecule has 5 heteroatoms. The number of rotatable bonds is 5. The maximum Gasteiger partial charge on any atom is 0.341 e. The number of hydrogen-bond acceptors (Lipinski definition) is 4. The van der Waals surface area contributed by atoms with E-state index in [2.05, 4.69) is 24.3 Å². The topological polar surface area (TPSA) is 72.6 Å². The van der Waals surface area contributed by atoms with Crippen molar-refractivity contribution in [2.24, 2.45) is 5.92 Å². The van der Waals surface area contributed by atoms with E-state index in [1.54, 1.807) is 24.0 Å². The van der Waals surface area contributed by atoms with E-state index in [1.807, 2.05) is 19.1 Å². The van der Waals surface area contributed by atoms with E-state index < -0.39 is 12.1 Å². The summed E-state index contributed by atoms with van der Waals surface area (Å²) in [6.07, 6.45) is 2.15. The second-order valence-corrected chi connectivity index (χ2v) is 7.54. The van der Waals surface area contributed by atoms with Crippen molar-refractivity contribution in [2.75, 3.05) is 18.8 Å². The Morgan fingerprint density at radius 2 is 1.79 bits per heavy atom. The Hall–Kier alpha value is -2.82. The summed E-state index contributed by atoms with van der Waals surface area (Å²) < 4.78 is 5.40. The number of nitrogen functional groups attached to an aromatic ring is 1. The molecule has 5 nitrogen and oxygen atoms in total. The number of nitrogens with two attached hydrogens (primary N) is 1. The molecule has 1 amide bonds. The molecule has 1 heterocycles. The third-order valence-corrected chi connectivity index (χ3v) is 5.47. The fraction of sp³-hybridized carbons (Fsp3) is 0.391. The Morgan fingerprint density at radius 3 is 2.46 bits per heavy atom. The average molecular weight is 380 g/mol. The molecule has 1 saturated heterocycles. The molecular formula is C23H28N2O3. The van der Waals surface area contributed by atoms with E-state index in [0.717, 1.165) is 24.8 Å². The van der Waals surface area contributed by atoms with Crippen LogP contribution in [0.15, 0.2) is 48.5 Å². The highest BCUT2D eigenvalue weighted by atomic mass is 16.5. The maximum absolute atomic E-state index is 12.7. The SMILES string of the molecule is Cc1cccc(C(=O)O[C@@H](C)C(=O)N2CCC(Cc3ccccc3)CC2)c1N. The minimum absolute atomic E-state index is 0.141. The zero-order valence-corrected chi connectivity index (χ0v) is 16.6. The summed E-state index contributed by atoms with van der Waals surface area (Å²) in [5, 5.41) is 0. The van der Waals surface area contributed by atoms with Crippen molar-refractivity contribution in [1.82, 2.24) is 4.90 Å². The van der Waals surface area contributed by atoms with Crippen molar-refractivity contribution in [3.8, 4) is 0 Å². The van der Waals surface area contributed by atoms with Crippen LogP contribution >= 0.6 is 0 Å². The van der Waals surface area contributed by atoms with Crippen LogP contribution in [0.3, 0.4) is 0 Å². The third-order valence-electron chi connectivity index (χ3n) is 5.47. The van der Waals surface area contributed by atoms with Gasteiger partial charge in [0, 0.05) is 18.8 Å². The maximum atomic E-state index is 12.7. The van der Waals surface area contributed by atoms with Gasteiger partial charge in [0.25, 0.3) is 5.91 Å². The Kier molecular flexibility index (Phi) is 6.34. The molecule has 0 spiro atoms. The standard InChI is InChI=1S/C23H28N2O3/c1-16-7-6-10-20(21(16)24)23(27)28-17(2)22(26)25-13-11-19(12-14-25)15-18-8-4-3-5-9-18/h3-10,17,19H,11-15,24H2,1-2H3/t17-/m0/s1. The summed E-state index contributed by atoms with van der Waals surface area (Å²) >= 11 is 0. The fourth-order valence-corrected chi connectivity index (χ4v) is 3.70. The molecule has 2 N–H and O–H groups in total. The minimum Gasteiger partial charge on any atom is -0.449 e. The number of carbonyl (C=O) groups excluding carboxylic acids is 2. The van der Waals surface area contributed by atoms with Crippen molar-refractivity contribution in [3.05, 3.63) is 65.2 Å². The molecule has 0 bridgehead atoms. The summed E-state index contributed by atoms with van der Waals surface area (Å²) in [6, 6.07) is 15.7. The molecule has 0 radical (unpaired) electrons. The second-order valence-electron chi connectivity index (χ2n) is 7.54. The van der Waals surface area contributed by atoms with Gasteiger partial charge in [0.1, 0.15) is 0 Å². The highest BCUT2D eigenvalue weighted by Crippen LogP contribution is 2.23. The van der Waals surface area contributed by atoms with Crippen LogP contribution in [0.4, 0.5) is 5.69 Å². The first-order valence-electron chi connectivity index (χ1n) is 9.84. The number of hydrogen-bond donors (Lipinski definition) is 1. The molecule has 0 unspecified atom stereocenters. The van der Waals surface area contributed by atoms with Gasteiger partial charge in [0.2, 0.25) is 0 Å². The lowest BCUT2D eigenvalue weighted by Gasteiger charge is -2.33. The van der Waals surface area contributed by atoms with E-state index in [4.69, 9.17) is 10.5 Å². The van der Waals surface area contributed by atoms with Crippen LogP contribution in [0.2, 0.25) is 0 Å². The first kappa shape index (κ1) is 19.9. The first-order valence-corrected chi connectivity index (χ1v) is 9.84. The number of nitrogens with zero attached hydrogens (tertiary/aromatic N) is 1. The summed E-state index contributed by atoms with van der Waals surface area (Å²) in [7, 11) is 0. The van der Waals surface area contributed by atoms with Gasteiger partial charge in [-0.25, -0.2) is 4.79 Å². The molecule has 0 saturated carbocycles. The lowest BCUT2D eigenvalue weighted by Crippen LogP contribution is -2.44. The molecule has 1 aliphatic rings. The van der Waals surface area contributed by atoms with Crippen LogP contribution in [-0.2, 0) is 16.0 Å². The summed E-state index contributed by atoms with van der Waals surface area (Å²) in [5.41, 5.74) is 8.82. The van der Waals surface area contributed by atoms with Crippen LogP contribution < -0.4 is 5.73 Å². The third kappa shape index (κ3) is 4.71. The van der Waals surface area contributed by atoms with E-state index in [9.17, 15) is 9.59 Å². The Labute approximate surface area is 166 Å². The van der Waals surface area contributed by atoms with Gasteiger partial charge in [0.15, 0.2) is 6.10 Å². The Bertz CT molecular complexity index is 827. The number of likely N-dealkylation sites (tertiary alicyclic amines) is 1. The quantitative estimate of drug-likeness (QED) is 0.635. The van der Waals surface area contributed by atoms with E-state index in [-0.39, 0.29) is 5.91 Å². The molecule has 0 aromatic heterocycles. The molecule has 2 aromatic carbocycles. The number of anilines is 1. The number of benzene rings is 2. The normalized spacial score (nSPS) is 15.9. The van der Waals surface area contributed by atoms with Gasteiger partial charge >= 0.3 is 5.97 Å². The minimum atomic E-state index is -0.821. The van der Waals surface area contributed by atoms with E-state index >= 15 is 0 Å². The van der Waals surface area contributed by atoms with Crippen LogP contribution in [0.1, 0.15) is 41.3 Å². The van der Waals surface area contributed by atoms with Gasteiger partial charge < -0.3 is 15.4 Å². The van der Waals surface area contributed by atoms with Crippen LogP contribution in [0, 0.1) is 12.8 Å². The number of carbonyl (C=O) groups is 2. The summed E-state index contributed by atoms with van der Waals surface area (Å²) in [4.78, 5) is 26.9. The molecule has 148 valence electrons. The molecule has 28 heavy (non-hydrogen) atoms. The van der Waals surface area contributed by atoms with Crippen LogP contribution in [0.5, 0.6) is 0 Å². The van der Waals surface area contributed by atoms with Crippen molar-refractivity contribution < 1.29 is 14.3 Å². The Balaban J connectivity index is 1.51. The van der Waals surface area contributed by atoms with Crippen molar-refractivity contribution in [2.45, 2.75) is 39.2 Å². The zero-order valence-electron chi connectivity index (χ0n) is 16.6. The van der Waals surface area contributed by atoms with Gasteiger partial charge in [-0.05, 0) is 56.2 Å². The number of esters is 1. The zero-order chi connectivity index (χ0) is 20.1. The fourth-order valence-electron chi connectivity index (χ4n) is 3.70. The van der Waals surface area contributed by atoms with Gasteiger partial charge in [0.05, 0.1) is 5.56 Å². The Morgan fingerprint density at radius 1 is 1.11 bits per heavy atom. The second kappa shape index (κ2) is 8.91. The number of ether oxygens (including phenoxy) is 1. The first-order chi connectivity index (χ1) is 13.5. The van der Waals surface area contributed by atoms with Crippen LogP contribution in [-0.4, -0.2) is 36.0 Å². The predicted octanol–water partition coefficient (Wildman–Crippen LogP) is 3.60. The van der Waals surface area contributed by atoms with Gasteiger partial charge in [-0.1, -0.05) is 42.5 Å². The van der Waals surface area contributed by atoms with Crippen LogP contribution in [0.25, 0.3) is 0 Å². The van der Waals surface area contributed by atoms with Crippen molar-refractivity contribution >= 4 is 17.6 Å². The van der Waals surface area contributed by atoms with Crippen molar-refractivity contribution in [1.29, 1.82) is 0 Å². The largest absolute Gasteiger partial charge is 0.449 e. The molecule has 0 aliphatic carbocycles. The summed E-state index contributed by atoms with van der Waals surface area (Å²) in [6.45, 7) is 4.86. The molecule has 1 atom stereocenters. The average Bonchev–Trinajstić information content (AvgIpc) is 2.70. The van der Waals surface area contributed by atoms with Gasteiger partial charge in [-0.3, -0.25) is 4.79 Å². The molecule has 3 rings (SSSR count). The molecular weight excluding hydrogens is 352 g/mol. The molecule has 1 aliphatic heterocycles. The highest BCUT2D eigenvalue weighted by Gasteiger charge is 2.28. The number of para-hydroxylation sites is 1. The molecule has 1 fully saturated rings. The number of aryl methyl sites for hydroxylation is 1. The highest BCUT2D eigenvalue weighted by molar-refractivity contribution is 5.97. The van der Waals surface area contributed by atoms with Gasteiger partial charge in [-0.15, -0.1) is 0 Å². The number of amides is 1. The van der Waals surface area contributed by atoms with E-state index in [0.29, 0.717) is 30.3 Å². The van der Waals surface area contributed by atoms with E-state index in [1.165, 1.54) is 5.56 Å². The summed E-state index contributed by atoms with van der Waals surface area (Å²) in [5.74, 6) is -0.116.